The van der Waals surface area contributed by atoms with Crippen LogP contribution in [-0.2, 0) is 4.79 Å². The number of halogens is 1. The van der Waals surface area contributed by atoms with E-state index in [1.165, 1.54) is 16.7 Å². The first-order valence-corrected chi connectivity index (χ1v) is 8.70. The maximum atomic E-state index is 12.7. The Morgan fingerprint density at radius 2 is 1.76 bits per heavy atom. The molecule has 0 spiro atoms. The molecule has 1 aliphatic heterocycles. The highest BCUT2D eigenvalue weighted by Crippen LogP contribution is 2.29. The van der Waals surface area contributed by atoms with Gasteiger partial charge < -0.3 is 10.6 Å². The first-order chi connectivity index (χ1) is 11.6. The number of hydrogen-bond acceptors (Lipinski definition) is 2. The van der Waals surface area contributed by atoms with E-state index in [1.807, 2.05) is 35.2 Å². The molecule has 0 bridgehead atoms. The summed E-state index contributed by atoms with van der Waals surface area (Å²) in [6, 6.07) is 18.6. The van der Waals surface area contributed by atoms with E-state index in [1.54, 1.807) is 0 Å². The van der Waals surface area contributed by atoms with Crippen molar-refractivity contribution < 1.29 is 4.79 Å². The maximum absolute atomic E-state index is 12.7. The monoisotopic (exact) mass is 358 g/mol. The Kier molecular flexibility index (Phi) is 6.63. The summed E-state index contributed by atoms with van der Waals surface area (Å²) in [5.41, 5.74) is 10.0. The maximum Gasteiger partial charge on any atom is 0.223 e. The Morgan fingerprint density at radius 1 is 1.12 bits per heavy atom. The molecule has 1 fully saturated rings. The number of benzene rings is 2. The Bertz CT molecular complexity index is 704. The van der Waals surface area contributed by atoms with Crippen molar-refractivity contribution in [1.29, 1.82) is 0 Å². The normalized spacial score (nSPS) is 20.8. The minimum absolute atomic E-state index is 0. The molecular weight excluding hydrogens is 332 g/mol. The first kappa shape index (κ1) is 19.5. The minimum Gasteiger partial charge on any atom is -0.340 e. The lowest BCUT2D eigenvalue weighted by molar-refractivity contribution is -0.130. The van der Waals surface area contributed by atoms with Crippen molar-refractivity contribution in [2.45, 2.75) is 38.1 Å². The van der Waals surface area contributed by atoms with Crippen LogP contribution in [0.2, 0.25) is 0 Å². The van der Waals surface area contributed by atoms with Gasteiger partial charge in [0.1, 0.15) is 0 Å². The van der Waals surface area contributed by atoms with E-state index < -0.39 is 0 Å². The van der Waals surface area contributed by atoms with Gasteiger partial charge in [-0.15, -0.1) is 12.4 Å². The predicted molar refractivity (Wildman–Crippen MR) is 105 cm³/mol. The van der Waals surface area contributed by atoms with Crippen molar-refractivity contribution in [3.8, 4) is 0 Å². The fourth-order valence-corrected chi connectivity index (χ4v) is 3.73. The van der Waals surface area contributed by atoms with Crippen LogP contribution < -0.4 is 5.73 Å². The van der Waals surface area contributed by atoms with Crippen molar-refractivity contribution in [3.63, 3.8) is 0 Å². The fraction of sp³-hybridized carbons (Fsp3) is 0.381. The first-order valence-electron chi connectivity index (χ1n) is 8.70. The molecule has 0 aromatic heterocycles. The molecule has 1 saturated heterocycles. The number of hydrogen-bond donors (Lipinski definition) is 1. The third-order valence-corrected chi connectivity index (χ3v) is 5.15. The van der Waals surface area contributed by atoms with Gasteiger partial charge in [0.25, 0.3) is 0 Å². The lowest BCUT2D eigenvalue weighted by atomic mass is 9.93. The molecular formula is C21H27ClN2O. The van der Waals surface area contributed by atoms with E-state index >= 15 is 0 Å². The van der Waals surface area contributed by atoms with Gasteiger partial charge in [0.2, 0.25) is 5.91 Å². The van der Waals surface area contributed by atoms with E-state index in [-0.39, 0.29) is 36.2 Å². The van der Waals surface area contributed by atoms with Crippen LogP contribution in [0.4, 0.5) is 0 Å². The van der Waals surface area contributed by atoms with Crippen LogP contribution in [0.15, 0.2) is 54.6 Å². The quantitative estimate of drug-likeness (QED) is 0.901. The summed E-state index contributed by atoms with van der Waals surface area (Å²) in [6.07, 6.45) is 0.541. The number of carbonyl (C=O) groups is 1. The third-order valence-electron chi connectivity index (χ3n) is 5.15. The zero-order valence-corrected chi connectivity index (χ0v) is 15.7. The Balaban J connectivity index is 0.00000225. The van der Waals surface area contributed by atoms with Gasteiger partial charge in [0.15, 0.2) is 0 Å². The largest absolute Gasteiger partial charge is 0.340 e. The number of carbonyl (C=O) groups excluding carboxylic acids is 1. The van der Waals surface area contributed by atoms with E-state index in [0.29, 0.717) is 13.0 Å². The van der Waals surface area contributed by atoms with Gasteiger partial charge in [-0.05, 0) is 29.5 Å². The van der Waals surface area contributed by atoms with Crippen molar-refractivity contribution in [2.75, 3.05) is 13.1 Å². The SMILES string of the molecule is Cc1ccccc1C(C)CC(=O)N1C[C@@H](N)[C@H](c2ccccc2)C1.Cl. The highest BCUT2D eigenvalue weighted by Gasteiger charge is 2.34. The topological polar surface area (TPSA) is 46.3 Å². The second kappa shape index (κ2) is 8.50. The van der Waals surface area contributed by atoms with E-state index in [0.717, 1.165) is 6.54 Å². The Labute approximate surface area is 156 Å². The van der Waals surface area contributed by atoms with Crippen LogP contribution in [0.3, 0.4) is 0 Å². The van der Waals surface area contributed by atoms with Crippen molar-refractivity contribution >= 4 is 18.3 Å². The fourth-order valence-electron chi connectivity index (χ4n) is 3.73. The molecule has 0 aliphatic carbocycles. The molecule has 1 amide bonds. The molecule has 1 heterocycles. The van der Waals surface area contributed by atoms with E-state index in [2.05, 4.69) is 38.1 Å². The molecule has 3 atom stereocenters. The number of amides is 1. The second-order valence-electron chi connectivity index (χ2n) is 6.94. The molecule has 3 nitrogen and oxygen atoms in total. The van der Waals surface area contributed by atoms with Crippen LogP contribution in [-0.4, -0.2) is 29.9 Å². The zero-order chi connectivity index (χ0) is 17.1. The minimum atomic E-state index is 0. The third kappa shape index (κ3) is 4.42. The number of likely N-dealkylation sites (tertiary alicyclic amines) is 1. The van der Waals surface area contributed by atoms with Gasteiger partial charge in [-0.3, -0.25) is 4.79 Å². The Morgan fingerprint density at radius 3 is 2.44 bits per heavy atom. The highest BCUT2D eigenvalue weighted by atomic mass is 35.5. The summed E-state index contributed by atoms with van der Waals surface area (Å²) in [5.74, 6) is 0.675. The van der Waals surface area contributed by atoms with Crippen molar-refractivity contribution in [1.82, 2.24) is 4.90 Å². The van der Waals surface area contributed by atoms with E-state index in [4.69, 9.17) is 5.73 Å². The van der Waals surface area contributed by atoms with E-state index in [9.17, 15) is 4.79 Å². The lowest BCUT2D eigenvalue weighted by Crippen LogP contribution is -2.32. The molecule has 1 unspecified atom stereocenters. The molecule has 4 heteroatoms. The summed E-state index contributed by atoms with van der Waals surface area (Å²) < 4.78 is 0. The number of nitrogens with two attached hydrogens (primary N) is 1. The molecule has 2 aromatic rings. The number of nitrogens with zero attached hydrogens (tertiary/aromatic N) is 1. The highest BCUT2D eigenvalue weighted by molar-refractivity contribution is 5.85. The summed E-state index contributed by atoms with van der Waals surface area (Å²) in [6.45, 7) is 5.61. The second-order valence-corrected chi connectivity index (χ2v) is 6.94. The number of rotatable bonds is 4. The van der Waals surface area contributed by atoms with Crippen molar-refractivity contribution in [2.24, 2.45) is 5.73 Å². The van der Waals surface area contributed by atoms with Crippen LogP contribution >= 0.6 is 12.4 Å². The molecule has 0 saturated carbocycles. The molecule has 3 rings (SSSR count). The van der Waals surface area contributed by atoms with Gasteiger partial charge in [-0.25, -0.2) is 0 Å². The molecule has 134 valence electrons. The zero-order valence-electron chi connectivity index (χ0n) is 14.9. The average Bonchev–Trinajstić information content (AvgIpc) is 2.98. The van der Waals surface area contributed by atoms with Crippen LogP contribution in [0.5, 0.6) is 0 Å². The van der Waals surface area contributed by atoms with Gasteiger partial charge in [0, 0.05) is 31.5 Å². The Hall–Kier alpha value is -1.84. The van der Waals surface area contributed by atoms with Crippen LogP contribution in [0.1, 0.15) is 41.9 Å². The van der Waals surface area contributed by atoms with Gasteiger partial charge >= 0.3 is 0 Å². The molecule has 0 radical (unpaired) electrons. The predicted octanol–water partition coefficient (Wildman–Crippen LogP) is 3.86. The summed E-state index contributed by atoms with van der Waals surface area (Å²) in [4.78, 5) is 14.7. The molecule has 25 heavy (non-hydrogen) atoms. The molecule has 1 aliphatic rings. The molecule has 2 aromatic carbocycles. The van der Waals surface area contributed by atoms with Gasteiger partial charge in [0.05, 0.1) is 0 Å². The summed E-state index contributed by atoms with van der Waals surface area (Å²) in [7, 11) is 0. The van der Waals surface area contributed by atoms with Gasteiger partial charge in [-0.2, -0.15) is 0 Å². The lowest BCUT2D eigenvalue weighted by Gasteiger charge is -2.20. The van der Waals surface area contributed by atoms with Crippen LogP contribution in [0, 0.1) is 6.92 Å². The summed E-state index contributed by atoms with van der Waals surface area (Å²) in [5, 5.41) is 0. The standard InChI is InChI=1S/C21H26N2O.ClH/c1-15-8-6-7-11-18(15)16(2)12-21(24)23-13-19(20(22)14-23)17-9-4-3-5-10-17;/h3-11,16,19-20H,12-14,22H2,1-2H3;1H/t16?,19-,20+;/m0./s1. The van der Waals surface area contributed by atoms with Crippen LogP contribution in [0.25, 0.3) is 0 Å². The summed E-state index contributed by atoms with van der Waals surface area (Å²) >= 11 is 0. The van der Waals surface area contributed by atoms with Crippen molar-refractivity contribution in [3.05, 3.63) is 71.3 Å². The van der Waals surface area contributed by atoms with Gasteiger partial charge in [-0.1, -0.05) is 61.5 Å². The molecule has 2 N–H and O–H groups in total. The smallest absolute Gasteiger partial charge is 0.223 e. The average molecular weight is 359 g/mol. The number of aryl methyl sites for hydroxylation is 1.